The van der Waals surface area contributed by atoms with Crippen LogP contribution in [0.4, 0.5) is 0 Å². The topological polar surface area (TPSA) is 53.0 Å². The van der Waals surface area contributed by atoms with Gasteiger partial charge >= 0.3 is 0 Å². The van der Waals surface area contributed by atoms with E-state index in [1.165, 1.54) is 24.0 Å². The molecular weight excluding hydrogens is 376 g/mol. The van der Waals surface area contributed by atoms with E-state index in [1.807, 2.05) is 0 Å². The number of carbonyl (C=O) groups is 1. The lowest BCUT2D eigenvalue weighted by atomic mass is 9.86. The van der Waals surface area contributed by atoms with E-state index in [1.54, 1.807) is 0 Å². The molecule has 5 rings (SSSR count). The molecular formula is C25H36N2O3. The Morgan fingerprint density at radius 3 is 2.53 bits per heavy atom. The summed E-state index contributed by atoms with van der Waals surface area (Å²) in [5.41, 5.74) is 2.85. The third-order valence-electron chi connectivity index (χ3n) is 8.11. The lowest BCUT2D eigenvalue weighted by Crippen LogP contribution is -2.37. The molecule has 164 valence electrons. The molecule has 3 aliphatic heterocycles. The summed E-state index contributed by atoms with van der Waals surface area (Å²) in [5, 5.41) is 9.68. The number of ether oxygens (including phenoxy) is 1. The molecule has 5 heteroatoms. The van der Waals surface area contributed by atoms with Crippen molar-refractivity contribution in [2.24, 2.45) is 17.8 Å². The van der Waals surface area contributed by atoms with Crippen molar-refractivity contribution < 1.29 is 14.6 Å². The number of carbonyl (C=O) groups excluding carboxylic acids is 1. The van der Waals surface area contributed by atoms with E-state index >= 15 is 0 Å². The molecule has 30 heavy (non-hydrogen) atoms. The first-order valence-corrected chi connectivity index (χ1v) is 12.0. The summed E-state index contributed by atoms with van der Waals surface area (Å²) in [6.45, 7) is 6.28. The Morgan fingerprint density at radius 1 is 1.00 bits per heavy atom. The second-order valence-electron chi connectivity index (χ2n) is 9.97. The van der Waals surface area contributed by atoms with Crippen LogP contribution in [0.5, 0.6) is 0 Å². The van der Waals surface area contributed by atoms with Crippen LogP contribution in [-0.2, 0) is 16.0 Å². The number of aliphatic hydroxyl groups is 1. The first-order valence-electron chi connectivity index (χ1n) is 12.0. The smallest absolute Gasteiger partial charge is 0.225 e. The van der Waals surface area contributed by atoms with Crippen molar-refractivity contribution in [1.29, 1.82) is 0 Å². The van der Waals surface area contributed by atoms with Gasteiger partial charge in [0.2, 0.25) is 5.91 Å². The van der Waals surface area contributed by atoms with Gasteiger partial charge < -0.3 is 19.6 Å². The lowest BCUT2D eigenvalue weighted by molar-refractivity contribution is -0.137. The van der Waals surface area contributed by atoms with Crippen LogP contribution in [0.25, 0.3) is 0 Å². The molecule has 1 aliphatic carbocycles. The van der Waals surface area contributed by atoms with E-state index in [9.17, 15) is 9.90 Å². The van der Waals surface area contributed by atoms with Crippen molar-refractivity contribution in [1.82, 2.24) is 9.80 Å². The maximum atomic E-state index is 13.0. The Labute approximate surface area is 180 Å². The van der Waals surface area contributed by atoms with Gasteiger partial charge in [-0.1, -0.05) is 24.3 Å². The SMILES string of the molecule is O=C(C1CCOCC1)N1CC2CCC(c3ccc(CCN4CCC(O)C4)cc3)C2C1. The van der Waals surface area contributed by atoms with E-state index in [-0.39, 0.29) is 12.0 Å². The fraction of sp³-hybridized carbons (Fsp3) is 0.720. The minimum absolute atomic E-state index is 0.132. The van der Waals surface area contributed by atoms with Crippen molar-refractivity contribution in [3.05, 3.63) is 35.4 Å². The third-order valence-corrected chi connectivity index (χ3v) is 8.11. The number of likely N-dealkylation sites (tertiary alicyclic amines) is 2. The van der Waals surface area contributed by atoms with Gasteiger partial charge in [-0.3, -0.25) is 4.79 Å². The Morgan fingerprint density at radius 2 is 1.80 bits per heavy atom. The van der Waals surface area contributed by atoms with Crippen LogP contribution in [-0.4, -0.2) is 72.9 Å². The molecule has 5 nitrogen and oxygen atoms in total. The van der Waals surface area contributed by atoms with Crippen LogP contribution < -0.4 is 0 Å². The second-order valence-corrected chi connectivity index (χ2v) is 9.97. The quantitative estimate of drug-likeness (QED) is 0.808. The van der Waals surface area contributed by atoms with Gasteiger partial charge in [-0.25, -0.2) is 0 Å². The van der Waals surface area contributed by atoms with Gasteiger partial charge in [-0.15, -0.1) is 0 Å². The highest BCUT2D eigenvalue weighted by molar-refractivity contribution is 5.79. The van der Waals surface area contributed by atoms with Crippen molar-refractivity contribution in [3.8, 4) is 0 Å². The molecule has 4 aliphatic rings. The summed E-state index contributed by atoms with van der Waals surface area (Å²) in [6.07, 6.45) is 6.14. The van der Waals surface area contributed by atoms with Crippen LogP contribution in [0.1, 0.15) is 49.1 Å². The average Bonchev–Trinajstić information content (AvgIpc) is 3.48. The number of fused-ring (bicyclic) bond motifs is 1. The second kappa shape index (κ2) is 8.97. The fourth-order valence-corrected chi connectivity index (χ4v) is 6.30. The number of nitrogens with zero attached hydrogens (tertiary/aromatic N) is 2. The summed E-state index contributed by atoms with van der Waals surface area (Å²) in [4.78, 5) is 17.5. The van der Waals surface area contributed by atoms with Gasteiger partial charge in [-0.2, -0.15) is 0 Å². The predicted molar refractivity (Wildman–Crippen MR) is 116 cm³/mol. The summed E-state index contributed by atoms with van der Waals surface area (Å²) >= 11 is 0. The summed E-state index contributed by atoms with van der Waals surface area (Å²) in [7, 11) is 0. The molecule has 1 amide bonds. The highest BCUT2D eigenvalue weighted by Crippen LogP contribution is 2.48. The molecule has 1 aromatic rings. The molecule has 1 N–H and O–H groups in total. The van der Waals surface area contributed by atoms with Crippen LogP contribution in [0, 0.1) is 17.8 Å². The standard InChI is InChI=1S/C25H36N2O3/c28-22-8-12-26(16-22)11-7-18-1-3-19(4-2-18)23-6-5-21-15-27(17-24(21)23)25(29)20-9-13-30-14-10-20/h1-4,20-24,28H,5-17H2. The van der Waals surface area contributed by atoms with E-state index in [2.05, 4.69) is 34.1 Å². The molecule has 4 unspecified atom stereocenters. The first-order chi connectivity index (χ1) is 14.7. The normalized spacial score (nSPS) is 32.6. The average molecular weight is 413 g/mol. The fourth-order valence-electron chi connectivity index (χ4n) is 6.30. The van der Waals surface area contributed by atoms with E-state index < -0.39 is 0 Å². The molecule has 0 radical (unpaired) electrons. The summed E-state index contributed by atoms with van der Waals surface area (Å²) < 4.78 is 5.44. The lowest BCUT2D eigenvalue weighted by Gasteiger charge is -2.27. The molecule has 3 heterocycles. The van der Waals surface area contributed by atoms with Gasteiger partial charge in [0, 0.05) is 51.9 Å². The summed E-state index contributed by atoms with van der Waals surface area (Å²) in [6, 6.07) is 9.28. The van der Waals surface area contributed by atoms with E-state index in [0.717, 1.165) is 71.6 Å². The van der Waals surface area contributed by atoms with Crippen LogP contribution in [0.2, 0.25) is 0 Å². The van der Waals surface area contributed by atoms with Crippen molar-refractivity contribution >= 4 is 5.91 Å². The van der Waals surface area contributed by atoms with Crippen molar-refractivity contribution in [3.63, 3.8) is 0 Å². The number of aliphatic hydroxyl groups excluding tert-OH is 1. The Hall–Kier alpha value is -1.43. The van der Waals surface area contributed by atoms with Gasteiger partial charge in [-0.05, 0) is 67.4 Å². The minimum Gasteiger partial charge on any atom is -0.392 e. The molecule has 0 spiro atoms. The number of benzene rings is 1. The highest BCUT2D eigenvalue weighted by Gasteiger charge is 2.45. The Kier molecular flexibility index (Phi) is 6.12. The minimum atomic E-state index is -0.132. The van der Waals surface area contributed by atoms with E-state index in [0.29, 0.717) is 23.7 Å². The summed E-state index contributed by atoms with van der Waals surface area (Å²) in [5.74, 6) is 2.48. The van der Waals surface area contributed by atoms with Gasteiger partial charge in [0.25, 0.3) is 0 Å². The highest BCUT2D eigenvalue weighted by atomic mass is 16.5. The molecule has 4 fully saturated rings. The monoisotopic (exact) mass is 412 g/mol. The largest absolute Gasteiger partial charge is 0.392 e. The molecule has 1 saturated carbocycles. The Bertz CT molecular complexity index is 730. The number of hydrogen-bond acceptors (Lipinski definition) is 4. The zero-order valence-corrected chi connectivity index (χ0v) is 18.0. The zero-order chi connectivity index (χ0) is 20.5. The van der Waals surface area contributed by atoms with Crippen LogP contribution >= 0.6 is 0 Å². The maximum absolute atomic E-state index is 13.0. The van der Waals surface area contributed by atoms with Gasteiger partial charge in [0.1, 0.15) is 0 Å². The van der Waals surface area contributed by atoms with Crippen LogP contribution in [0.3, 0.4) is 0 Å². The third kappa shape index (κ3) is 4.30. The number of β-amino-alcohol motifs (C(OH)–C–C–N with tert-alkyl or cyclic N) is 1. The number of amides is 1. The predicted octanol–water partition coefficient (Wildman–Crippen LogP) is 2.67. The molecule has 4 atom stereocenters. The number of rotatable bonds is 5. The van der Waals surface area contributed by atoms with E-state index in [4.69, 9.17) is 4.74 Å². The number of hydrogen-bond donors (Lipinski definition) is 1. The molecule has 0 aromatic heterocycles. The van der Waals surface area contributed by atoms with Crippen molar-refractivity contribution in [2.45, 2.75) is 50.5 Å². The van der Waals surface area contributed by atoms with Gasteiger partial charge in [0.05, 0.1) is 6.10 Å². The van der Waals surface area contributed by atoms with Gasteiger partial charge in [0.15, 0.2) is 0 Å². The maximum Gasteiger partial charge on any atom is 0.225 e. The zero-order valence-electron chi connectivity index (χ0n) is 18.0. The molecule has 3 saturated heterocycles. The van der Waals surface area contributed by atoms with Crippen LogP contribution in [0.15, 0.2) is 24.3 Å². The molecule has 0 bridgehead atoms. The van der Waals surface area contributed by atoms with Crippen molar-refractivity contribution in [2.75, 3.05) is 45.9 Å². The first kappa shape index (κ1) is 20.5. The Balaban J connectivity index is 1.17. The molecule has 1 aromatic carbocycles.